The van der Waals surface area contributed by atoms with E-state index in [0.717, 1.165) is 11.8 Å². The minimum Gasteiger partial charge on any atom is -0.480 e. The fourth-order valence-corrected chi connectivity index (χ4v) is 2.47. The first kappa shape index (κ1) is 15.5. The highest BCUT2D eigenvalue weighted by Crippen LogP contribution is 2.29. The largest absolute Gasteiger partial charge is 0.480 e. The fourth-order valence-electron chi connectivity index (χ4n) is 1.32. The van der Waals surface area contributed by atoms with Gasteiger partial charge in [-0.1, -0.05) is 0 Å². The van der Waals surface area contributed by atoms with Gasteiger partial charge in [0.15, 0.2) is 0 Å². The lowest BCUT2D eigenvalue weighted by molar-refractivity contribution is -0.138. The lowest BCUT2D eigenvalue weighted by Gasteiger charge is -2.22. The molecular weight excluding hydrogens is 269 g/mol. The van der Waals surface area contributed by atoms with Crippen LogP contribution in [0.3, 0.4) is 0 Å². The first-order chi connectivity index (χ1) is 8.72. The number of carboxylic acids is 1. The molecule has 1 atom stereocenters. The van der Waals surface area contributed by atoms with Crippen LogP contribution >= 0.6 is 11.8 Å². The van der Waals surface area contributed by atoms with Crippen LogP contribution in [-0.2, 0) is 9.59 Å². The van der Waals surface area contributed by atoms with Crippen LogP contribution in [0.15, 0.2) is 24.3 Å². The third-order valence-corrected chi connectivity index (χ3v) is 3.80. The van der Waals surface area contributed by atoms with E-state index < -0.39 is 16.0 Å². The molecule has 0 aliphatic carbocycles. The molecule has 1 rings (SSSR count). The number of thioether (sulfide) groups is 1. The molecule has 0 saturated carbocycles. The van der Waals surface area contributed by atoms with Gasteiger partial charge in [-0.3, -0.25) is 9.59 Å². The van der Waals surface area contributed by atoms with Crippen molar-refractivity contribution < 1.29 is 19.1 Å². The van der Waals surface area contributed by atoms with Gasteiger partial charge in [0.1, 0.15) is 10.6 Å². The standard InChI is InChI=1S/C13H16FNO3S/c1-8(19-13(2,3)12(17)18)11(16)15-10-6-4-9(14)5-7-10/h4-8H,1-3H3,(H,15,16)(H,17,18). The van der Waals surface area contributed by atoms with Gasteiger partial charge in [-0.2, -0.15) is 0 Å². The molecule has 0 aliphatic rings. The Hall–Kier alpha value is -1.56. The summed E-state index contributed by atoms with van der Waals surface area (Å²) in [6, 6.07) is 5.39. The van der Waals surface area contributed by atoms with E-state index in [4.69, 9.17) is 5.11 Å². The highest BCUT2D eigenvalue weighted by atomic mass is 32.2. The highest BCUT2D eigenvalue weighted by Gasteiger charge is 2.32. The predicted molar refractivity (Wildman–Crippen MR) is 73.8 cm³/mol. The van der Waals surface area contributed by atoms with E-state index in [1.165, 1.54) is 24.3 Å². The van der Waals surface area contributed by atoms with Crippen molar-refractivity contribution in [3.8, 4) is 0 Å². The first-order valence-corrected chi connectivity index (χ1v) is 6.58. The molecule has 0 saturated heterocycles. The quantitative estimate of drug-likeness (QED) is 0.873. The summed E-state index contributed by atoms with van der Waals surface area (Å²) in [5.74, 6) is -1.67. The molecule has 4 nitrogen and oxygen atoms in total. The number of rotatable bonds is 5. The molecule has 1 aromatic carbocycles. The number of carboxylic acid groups (broad SMARTS) is 1. The van der Waals surface area contributed by atoms with Crippen LogP contribution in [0.4, 0.5) is 10.1 Å². The summed E-state index contributed by atoms with van der Waals surface area (Å²) in [7, 11) is 0. The molecule has 0 radical (unpaired) electrons. The van der Waals surface area contributed by atoms with E-state index >= 15 is 0 Å². The van der Waals surface area contributed by atoms with Crippen LogP contribution < -0.4 is 5.32 Å². The van der Waals surface area contributed by atoms with Gasteiger partial charge >= 0.3 is 5.97 Å². The number of hydrogen-bond acceptors (Lipinski definition) is 3. The van der Waals surface area contributed by atoms with Gasteiger partial charge in [0.25, 0.3) is 0 Å². The van der Waals surface area contributed by atoms with Crippen molar-refractivity contribution in [1.82, 2.24) is 0 Å². The van der Waals surface area contributed by atoms with Crippen LogP contribution in [-0.4, -0.2) is 27.0 Å². The van der Waals surface area contributed by atoms with E-state index in [1.54, 1.807) is 20.8 Å². The average molecular weight is 285 g/mol. The van der Waals surface area contributed by atoms with Crippen LogP contribution in [0, 0.1) is 5.82 Å². The number of amides is 1. The van der Waals surface area contributed by atoms with Crippen molar-refractivity contribution in [3.63, 3.8) is 0 Å². The summed E-state index contributed by atoms with van der Waals surface area (Å²) >= 11 is 1.05. The molecule has 2 N–H and O–H groups in total. The number of aliphatic carboxylic acids is 1. The van der Waals surface area contributed by atoms with E-state index in [2.05, 4.69) is 5.32 Å². The normalized spacial score (nSPS) is 12.8. The lowest BCUT2D eigenvalue weighted by Crippen LogP contribution is -2.33. The van der Waals surface area contributed by atoms with Gasteiger partial charge in [-0.25, -0.2) is 4.39 Å². The van der Waals surface area contributed by atoms with Crippen molar-refractivity contribution in [1.29, 1.82) is 0 Å². The Morgan fingerprint density at radius 1 is 1.32 bits per heavy atom. The molecule has 1 unspecified atom stereocenters. The zero-order valence-corrected chi connectivity index (χ0v) is 11.8. The molecule has 19 heavy (non-hydrogen) atoms. The molecule has 0 bridgehead atoms. The average Bonchev–Trinajstić information content (AvgIpc) is 2.31. The molecule has 1 aromatic rings. The molecule has 0 spiro atoms. The lowest BCUT2D eigenvalue weighted by atomic mass is 10.2. The molecule has 0 aromatic heterocycles. The number of halogens is 1. The van der Waals surface area contributed by atoms with Gasteiger partial charge < -0.3 is 10.4 Å². The number of hydrogen-bond donors (Lipinski definition) is 2. The first-order valence-electron chi connectivity index (χ1n) is 5.70. The Balaban J connectivity index is 2.63. The SMILES string of the molecule is CC(SC(C)(C)C(=O)O)C(=O)Nc1ccc(F)cc1. The third-order valence-electron chi connectivity index (χ3n) is 2.47. The van der Waals surface area contributed by atoms with E-state index in [0.29, 0.717) is 5.69 Å². The van der Waals surface area contributed by atoms with Crippen LogP contribution in [0.1, 0.15) is 20.8 Å². The van der Waals surface area contributed by atoms with Gasteiger partial charge in [0.05, 0.1) is 5.25 Å². The second-order valence-corrected chi connectivity index (χ2v) is 6.54. The Labute approximate surface area is 115 Å². The Morgan fingerprint density at radius 3 is 2.32 bits per heavy atom. The number of nitrogens with one attached hydrogen (secondary N) is 1. The summed E-state index contributed by atoms with van der Waals surface area (Å²) in [5.41, 5.74) is 0.479. The molecule has 6 heteroatoms. The number of carbonyl (C=O) groups excluding carboxylic acids is 1. The Kier molecular flexibility index (Phi) is 4.94. The highest BCUT2D eigenvalue weighted by molar-refractivity contribution is 8.02. The molecular formula is C13H16FNO3S. The molecule has 0 fully saturated rings. The smallest absolute Gasteiger partial charge is 0.319 e. The predicted octanol–water partition coefficient (Wildman–Crippen LogP) is 2.75. The molecule has 0 heterocycles. The minimum absolute atomic E-state index is 0.314. The Morgan fingerprint density at radius 2 is 1.84 bits per heavy atom. The van der Waals surface area contributed by atoms with Gasteiger partial charge in [-0.15, -0.1) is 11.8 Å². The van der Waals surface area contributed by atoms with E-state index in [1.807, 2.05) is 0 Å². The fraction of sp³-hybridized carbons (Fsp3) is 0.385. The number of benzene rings is 1. The number of anilines is 1. The van der Waals surface area contributed by atoms with Gasteiger partial charge in [0.2, 0.25) is 5.91 Å². The zero-order chi connectivity index (χ0) is 14.6. The maximum absolute atomic E-state index is 12.7. The van der Waals surface area contributed by atoms with Gasteiger partial charge in [0, 0.05) is 5.69 Å². The van der Waals surface area contributed by atoms with Gasteiger partial charge in [-0.05, 0) is 45.0 Å². The summed E-state index contributed by atoms with van der Waals surface area (Å²) in [6.07, 6.45) is 0. The van der Waals surface area contributed by atoms with Crippen LogP contribution in [0.25, 0.3) is 0 Å². The summed E-state index contributed by atoms with van der Waals surface area (Å²) in [4.78, 5) is 22.9. The van der Waals surface area contributed by atoms with Crippen LogP contribution in [0.2, 0.25) is 0 Å². The maximum atomic E-state index is 12.7. The summed E-state index contributed by atoms with van der Waals surface area (Å²) in [6.45, 7) is 4.72. The number of carbonyl (C=O) groups is 2. The van der Waals surface area contributed by atoms with E-state index in [9.17, 15) is 14.0 Å². The van der Waals surface area contributed by atoms with E-state index in [-0.39, 0.29) is 11.7 Å². The van der Waals surface area contributed by atoms with Crippen LogP contribution in [0.5, 0.6) is 0 Å². The van der Waals surface area contributed by atoms with Crippen molar-refractivity contribution in [3.05, 3.63) is 30.1 Å². The zero-order valence-electron chi connectivity index (χ0n) is 10.9. The van der Waals surface area contributed by atoms with Crippen molar-refractivity contribution in [2.45, 2.75) is 30.8 Å². The van der Waals surface area contributed by atoms with Crippen molar-refractivity contribution >= 4 is 29.3 Å². The second kappa shape index (κ2) is 6.06. The van der Waals surface area contributed by atoms with Crippen molar-refractivity contribution in [2.75, 3.05) is 5.32 Å². The molecule has 1 amide bonds. The second-order valence-electron chi connectivity index (χ2n) is 4.57. The topological polar surface area (TPSA) is 66.4 Å². The Bertz CT molecular complexity index is 473. The summed E-state index contributed by atoms with van der Waals surface area (Å²) in [5, 5.41) is 11.1. The molecule has 104 valence electrons. The third kappa shape index (κ3) is 4.55. The maximum Gasteiger partial charge on any atom is 0.319 e. The minimum atomic E-state index is -1.04. The van der Waals surface area contributed by atoms with Crippen molar-refractivity contribution in [2.24, 2.45) is 0 Å². The summed E-state index contributed by atoms with van der Waals surface area (Å²) < 4.78 is 11.7. The molecule has 0 aliphatic heterocycles. The monoisotopic (exact) mass is 285 g/mol.